The topological polar surface area (TPSA) is 121 Å². The zero-order valence-corrected chi connectivity index (χ0v) is 27.4. The molecule has 9 nitrogen and oxygen atoms in total. The Morgan fingerprint density at radius 1 is 1.00 bits per heavy atom. The van der Waals surface area contributed by atoms with E-state index in [0.717, 1.165) is 55.0 Å². The first kappa shape index (κ1) is 33.1. The van der Waals surface area contributed by atoms with Gasteiger partial charge < -0.3 is 14.6 Å². The van der Waals surface area contributed by atoms with Crippen LogP contribution < -0.4 is 10.5 Å². The average Bonchev–Trinajstić information content (AvgIpc) is 3.49. The highest BCUT2D eigenvalue weighted by molar-refractivity contribution is 7.84. The lowest BCUT2D eigenvalue weighted by molar-refractivity contribution is 0.0123. The number of unbranched alkanes of at least 4 members (excludes halogenated alkanes) is 6. The molecule has 238 valence electrons. The number of nitrogens with zero attached hydrogens (tertiary/aromatic N) is 3. The van der Waals surface area contributed by atoms with Crippen LogP contribution in [0.2, 0.25) is 0 Å². The third-order valence-electron chi connectivity index (χ3n) is 10.0. The molecule has 2 heterocycles. The van der Waals surface area contributed by atoms with E-state index < -0.39 is 10.3 Å². The summed E-state index contributed by atoms with van der Waals surface area (Å²) < 4.78 is 36.7. The molecule has 2 aromatic heterocycles. The number of fused-ring (bicyclic) bond motifs is 1. The second-order valence-corrected chi connectivity index (χ2v) is 15.7. The molecule has 0 unspecified atom stereocenters. The van der Waals surface area contributed by atoms with E-state index in [1.165, 1.54) is 51.4 Å². The molecule has 0 spiro atoms. The second kappa shape index (κ2) is 14.4. The Morgan fingerprint density at radius 2 is 1.69 bits per heavy atom. The van der Waals surface area contributed by atoms with E-state index in [1.807, 2.05) is 0 Å². The fraction of sp³-hybridized carbons (Fsp3) is 0.812. The molecule has 2 saturated carbocycles. The molecule has 2 aliphatic rings. The van der Waals surface area contributed by atoms with Gasteiger partial charge in [-0.2, -0.15) is 8.42 Å². The van der Waals surface area contributed by atoms with Crippen LogP contribution in [0.3, 0.4) is 0 Å². The van der Waals surface area contributed by atoms with Gasteiger partial charge in [0.2, 0.25) is 0 Å². The Morgan fingerprint density at radius 3 is 2.36 bits per heavy atom. The summed E-state index contributed by atoms with van der Waals surface area (Å²) in [5.74, 6) is 1.57. The molecule has 3 atom stereocenters. The summed E-state index contributed by atoms with van der Waals surface area (Å²) in [6.07, 6.45) is 17.5. The van der Waals surface area contributed by atoms with Crippen LogP contribution in [-0.4, -0.2) is 48.8 Å². The van der Waals surface area contributed by atoms with Gasteiger partial charge >= 0.3 is 10.3 Å². The first-order chi connectivity index (χ1) is 19.8. The molecule has 0 radical (unpaired) electrons. The van der Waals surface area contributed by atoms with Crippen LogP contribution in [0.4, 0.5) is 5.82 Å². The summed E-state index contributed by atoms with van der Waals surface area (Å²) in [5, 5.41) is 9.65. The van der Waals surface area contributed by atoms with Crippen molar-refractivity contribution in [1.82, 2.24) is 14.5 Å². The first-order valence-corrected chi connectivity index (χ1v) is 17.7. The molecule has 2 fully saturated rings. The van der Waals surface area contributed by atoms with Crippen LogP contribution in [0.1, 0.15) is 118 Å². The van der Waals surface area contributed by atoms with Gasteiger partial charge in [0, 0.05) is 31.3 Å². The summed E-state index contributed by atoms with van der Waals surface area (Å²) in [5.41, 5.74) is 1.61. The smallest absolute Gasteiger partial charge is 0.333 e. The largest absolute Gasteiger partial charge is 0.378 e. The molecule has 0 bridgehead atoms. The van der Waals surface area contributed by atoms with Crippen LogP contribution >= 0.6 is 0 Å². The monoisotopic (exact) mass is 605 g/mol. The highest BCUT2D eigenvalue weighted by Gasteiger charge is 2.37. The standard InChI is InChI=1S/C32H55N5O4S/c1-31(2,3)32(4,5)16-11-9-7-6-8-10-12-18-40-28-20-26(19-25(28)22-41-42(33,38)39)37-17-15-27-29(34-21-24-13-14-24)35-23-36-30(27)37/h15,17,23-26,28H,6-14,16,18-22H2,1-5H3,(H2,33,38,39)(H,34,35,36)/t25-,26+,28-/m0/s1. The lowest BCUT2D eigenvalue weighted by Crippen LogP contribution is -2.29. The van der Waals surface area contributed by atoms with Crippen molar-refractivity contribution in [2.24, 2.45) is 27.8 Å². The maximum atomic E-state index is 11.5. The number of aromatic nitrogens is 3. The van der Waals surface area contributed by atoms with Gasteiger partial charge in [0.05, 0.1) is 18.1 Å². The van der Waals surface area contributed by atoms with E-state index in [-0.39, 0.29) is 24.7 Å². The van der Waals surface area contributed by atoms with Crippen LogP contribution in [-0.2, 0) is 19.2 Å². The highest BCUT2D eigenvalue weighted by atomic mass is 32.2. The van der Waals surface area contributed by atoms with Crippen molar-refractivity contribution >= 4 is 27.2 Å². The van der Waals surface area contributed by atoms with Crippen LogP contribution in [0.25, 0.3) is 11.0 Å². The third kappa shape index (κ3) is 9.63. The molecule has 0 aromatic carbocycles. The molecule has 2 aromatic rings. The van der Waals surface area contributed by atoms with Crippen molar-refractivity contribution in [2.45, 2.75) is 124 Å². The molecule has 3 N–H and O–H groups in total. The maximum Gasteiger partial charge on any atom is 0.333 e. The van der Waals surface area contributed by atoms with Crippen molar-refractivity contribution in [2.75, 3.05) is 25.1 Å². The van der Waals surface area contributed by atoms with E-state index in [0.29, 0.717) is 17.4 Å². The Hall–Kier alpha value is -1.75. The van der Waals surface area contributed by atoms with Gasteiger partial charge in [0.25, 0.3) is 0 Å². The van der Waals surface area contributed by atoms with Crippen molar-refractivity contribution in [3.05, 3.63) is 18.6 Å². The summed E-state index contributed by atoms with van der Waals surface area (Å²) in [6, 6.07) is 2.20. The molecule has 0 amide bonds. The van der Waals surface area contributed by atoms with E-state index >= 15 is 0 Å². The molecular formula is C32H55N5O4S. The summed E-state index contributed by atoms with van der Waals surface area (Å²) >= 11 is 0. The van der Waals surface area contributed by atoms with Crippen molar-refractivity contribution in [3.8, 4) is 0 Å². The fourth-order valence-electron chi connectivity index (χ4n) is 5.98. The molecule has 42 heavy (non-hydrogen) atoms. The van der Waals surface area contributed by atoms with Gasteiger partial charge in [-0.1, -0.05) is 73.1 Å². The maximum absolute atomic E-state index is 11.5. The molecule has 4 rings (SSSR count). The molecular weight excluding hydrogens is 550 g/mol. The molecule has 0 aliphatic heterocycles. The third-order valence-corrected chi connectivity index (χ3v) is 10.5. The highest BCUT2D eigenvalue weighted by Crippen LogP contribution is 2.42. The van der Waals surface area contributed by atoms with Crippen molar-refractivity contribution < 1.29 is 17.3 Å². The van der Waals surface area contributed by atoms with Gasteiger partial charge in [0.15, 0.2) is 0 Å². The van der Waals surface area contributed by atoms with Gasteiger partial charge in [-0.15, -0.1) is 0 Å². The average molecular weight is 606 g/mol. The van der Waals surface area contributed by atoms with Gasteiger partial charge in [-0.25, -0.2) is 15.1 Å². The second-order valence-electron chi connectivity index (χ2n) is 14.4. The van der Waals surface area contributed by atoms with Crippen LogP contribution in [0.15, 0.2) is 18.6 Å². The number of hydrogen-bond donors (Lipinski definition) is 2. The van der Waals surface area contributed by atoms with Crippen LogP contribution in [0, 0.1) is 22.7 Å². The van der Waals surface area contributed by atoms with Crippen LogP contribution in [0.5, 0.6) is 0 Å². The molecule has 10 heteroatoms. The molecule has 2 aliphatic carbocycles. The summed E-state index contributed by atoms with van der Waals surface area (Å²) in [7, 11) is -4.00. The molecule has 0 saturated heterocycles. The number of nitrogens with one attached hydrogen (secondary N) is 1. The predicted octanol–water partition coefficient (Wildman–Crippen LogP) is 7.00. The minimum atomic E-state index is -4.00. The predicted molar refractivity (Wildman–Crippen MR) is 169 cm³/mol. The number of ether oxygens (including phenoxy) is 1. The first-order valence-electron chi connectivity index (χ1n) is 16.2. The Balaban J connectivity index is 1.22. The Bertz CT molecular complexity index is 1240. The van der Waals surface area contributed by atoms with E-state index in [1.54, 1.807) is 6.33 Å². The van der Waals surface area contributed by atoms with Crippen molar-refractivity contribution in [3.63, 3.8) is 0 Å². The van der Waals surface area contributed by atoms with Gasteiger partial charge in [-0.05, 0) is 61.3 Å². The van der Waals surface area contributed by atoms with E-state index in [9.17, 15) is 8.42 Å². The van der Waals surface area contributed by atoms with E-state index in [2.05, 4.69) is 66.7 Å². The number of nitrogens with two attached hydrogens (primary N) is 1. The minimum absolute atomic E-state index is 0.0361. The minimum Gasteiger partial charge on any atom is -0.378 e. The van der Waals surface area contributed by atoms with Gasteiger partial charge in [0.1, 0.15) is 17.8 Å². The number of anilines is 1. The Labute approximate surface area is 254 Å². The zero-order chi connectivity index (χ0) is 30.4. The number of rotatable bonds is 18. The Kier molecular flexibility index (Phi) is 11.3. The SMILES string of the molecule is CC(C)(C)C(C)(C)CCCCCCCCCO[C@H]1C[C@H](n2ccc3c(NCC4CC4)ncnc32)C[C@H]1COS(N)(=O)=O. The summed E-state index contributed by atoms with van der Waals surface area (Å²) in [6.45, 7) is 13.5. The lowest BCUT2D eigenvalue weighted by atomic mass is 9.67. The number of hydrogen-bond acceptors (Lipinski definition) is 7. The quantitative estimate of drug-likeness (QED) is 0.175. The van der Waals surface area contributed by atoms with Gasteiger partial charge in [-0.3, -0.25) is 4.18 Å². The lowest BCUT2D eigenvalue weighted by Gasteiger charge is -2.39. The van der Waals surface area contributed by atoms with E-state index in [4.69, 9.17) is 14.1 Å². The summed E-state index contributed by atoms with van der Waals surface area (Å²) in [4.78, 5) is 9.07. The normalized spacial score (nSPS) is 21.8. The fourth-order valence-corrected chi connectivity index (χ4v) is 6.34. The zero-order valence-electron chi connectivity index (χ0n) is 26.6. The van der Waals surface area contributed by atoms with Crippen molar-refractivity contribution in [1.29, 1.82) is 0 Å².